The van der Waals surface area contributed by atoms with Crippen LogP contribution in [0.25, 0.3) is 0 Å². The first-order chi connectivity index (χ1) is 8.76. The van der Waals surface area contributed by atoms with Gasteiger partial charge in [-0.1, -0.05) is 13.2 Å². The summed E-state index contributed by atoms with van der Waals surface area (Å²) in [6.45, 7) is 6.83. The summed E-state index contributed by atoms with van der Waals surface area (Å²) >= 11 is 0. The van der Waals surface area contributed by atoms with Crippen LogP contribution in [0.15, 0.2) is 24.3 Å². The third-order valence-electron chi connectivity index (χ3n) is 2.64. The van der Waals surface area contributed by atoms with Gasteiger partial charge >= 0.3 is 11.9 Å². The van der Waals surface area contributed by atoms with Gasteiger partial charge in [-0.3, -0.25) is 0 Å². The van der Waals surface area contributed by atoms with E-state index in [0.29, 0.717) is 24.8 Å². The van der Waals surface area contributed by atoms with E-state index in [0.717, 1.165) is 7.11 Å². The van der Waals surface area contributed by atoms with Crippen molar-refractivity contribution in [1.29, 1.82) is 0 Å². The van der Waals surface area contributed by atoms with Crippen LogP contribution < -0.4 is 0 Å². The van der Waals surface area contributed by atoms with E-state index >= 15 is 0 Å². The Hall–Kier alpha value is -1.66. The summed E-state index contributed by atoms with van der Waals surface area (Å²) in [5.74, 6) is -3.66. The van der Waals surface area contributed by atoms with Gasteiger partial charge in [0.25, 0.3) is 0 Å². The first-order valence-electron chi connectivity index (χ1n) is 5.74. The van der Waals surface area contributed by atoms with Crippen LogP contribution in [0.5, 0.6) is 0 Å². The van der Waals surface area contributed by atoms with Gasteiger partial charge in [-0.05, 0) is 19.3 Å². The Labute approximate surface area is 112 Å². The molecule has 0 radical (unpaired) electrons. The van der Waals surface area contributed by atoms with Crippen molar-refractivity contribution in [2.45, 2.75) is 31.5 Å². The lowest BCUT2D eigenvalue weighted by molar-refractivity contribution is -0.158. The molecule has 108 valence electrons. The Morgan fingerprint density at radius 1 is 1.05 bits per heavy atom. The molecule has 0 aliphatic heterocycles. The Morgan fingerprint density at radius 3 is 2.05 bits per heavy atom. The molecular weight excluding hydrogens is 252 g/mol. The number of aliphatic hydroxyl groups is 2. The fraction of sp³-hybridized carbons (Fsp3) is 0.538. The molecular formula is C13H20O6. The molecule has 0 fully saturated rings. The zero-order chi connectivity index (χ0) is 15.1. The minimum absolute atomic E-state index is 0.0879. The van der Waals surface area contributed by atoms with Crippen molar-refractivity contribution in [2.24, 2.45) is 0 Å². The smallest absolute Gasteiger partial charge is 0.338 e. The second kappa shape index (κ2) is 7.70. The molecule has 6 nitrogen and oxygen atoms in total. The lowest BCUT2D eigenvalue weighted by Gasteiger charge is -2.22. The highest BCUT2D eigenvalue weighted by Crippen LogP contribution is 2.21. The normalized spacial score (nSPS) is 10.7. The second-order valence-electron chi connectivity index (χ2n) is 4.09. The number of hydrogen-bond donors (Lipinski definition) is 2. The lowest BCUT2D eigenvalue weighted by Crippen LogP contribution is -2.34. The van der Waals surface area contributed by atoms with E-state index in [-0.39, 0.29) is 6.42 Å². The number of carbonyl (C=O) groups excluding carboxylic acids is 2. The molecule has 0 spiro atoms. The Morgan fingerprint density at radius 2 is 1.58 bits per heavy atom. The Bertz CT molecular complexity index is 369. The summed E-state index contributed by atoms with van der Waals surface area (Å²) in [4.78, 5) is 22.2. The second-order valence-corrected chi connectivity index (χ2v) is 4.09. The van der Waals surface area contributed by atoms with Gasteiger partial charge in [-0.15, -0.1) is 0 Å². The van der Waals surface area contributed by atoms with Crippen molar-refractivity contribution < 1.29 is 29.3 Å². The minimum Gasteiger partial charge on any atom is -0.466 e. The summed E-state index contributed by atoms with van der Waals surface area (Å²) in [5, 5.41) is 19.3. The highest BCUT2D eigenvalue weighted by Gasteiger charge is 2.32. The van der Waals surface area contributed by atoms with Gasteiger partial charge in [-0.25, -0.2) is 9.59 Å². The summed E-state index contributed by atoms with van der Waals surface area (Å²) in [6.07, 6.45) is 1.17. The average molecular weight is 272 g/mol. The Kier molecular flexibility index (Phi) is 7.03. The number of esters is 2. The molecule has 6 heteroatoms. The molecule has 19 heavy (non-hydrogen) atoms. The maximum absolute atomic E-state index is 11.1. The van der Waals surface area contributed by atoms with Crippen molar-refractivity contribution in [3.8, 4) is 0 Å². The lowest BCUT2D eigenvalue weighted by atomic mass is 9.99. The van der Waals surface area contributed by atoms with Crippen LogP contribution in [0.2, 0.25) is 0 Å². The molecule has 0 aromatic rings. The van der Waals surface area contributed by atoms with E-state index in [4.69, 9.17) is 0 Å². The quantitative estimate of drug-likeness (QED) is 0.292. The van der Waals surface area contributed by atoms with E-state index in [2.05, 4.69) is 22.6 Å². The molecule has 0 amide bonds. The molecule has 0 aromatic carbocycles. The number of rotatable bonds is 8. The Balaban J connectivity index is 4.13. The summed E-state index contributed by atoms with van der Waals surface area (Å²) in [5.41, 5.74) is -0.0995. The number of unbranched alkanes of at least 4 members (excludes halogenated alkanes) is 1. The summed E-state index contributed by atoms with van der Waals surface area (Å²) in [7, 11) is 2.39. The SMILES string of the molecule is C=C(CCCCC(O)(O)C(=C)C(=O)OC)C(=O)OC. The van der Waals surface area contributed by atoms with Crippen LogP contribution in [0.4, 0.5) is 0 Å². The van der Waals surface area contributed by atoms with Crippen molar-refractivity contribution in [3.05, 3.63) is 24.3 Å². The molecule has 0 aliphatic rings. The fourth-order valence-corrected chi connectivity index (χ4v) is 1.39. The van der Waals surface area contributed by atoms with Crippen LogP contribution in [-0.4, -0.2) is 42.2 Å². The van der Waals surface area contributed by atoms with E-state index in [9.17, 15) is 19.8 Å². The standard InChI is InChI=1S/C13H20O6/c1-9(11(14)18-3)7-5-6-8-13(16,17)10(2)12(15)19-4/h16-17H,1-2,5-8H2,3-4H3. The highest BCUT2D eigenvalue weighted by atomic mass is 16.5. The topological polar surface area (TPSA) is 93.1 Å². The van der Waals surface area contributed by atoms with E-state index in [1.165, 1.54) is 7.11 Å². The highest BCUT2D eigenvalue weighted by molar-refractivity contribution is 5.89. The van der Waals surface area contributed by atoms with Crippen molar-refractivity contribution in [2.75, 3.05) is 14.2 Å². The number of carbonyl (C=O) groups is 2. The van der Waals surface area contributed by atoms with Gasteiger partial charge in [0.2, 0.25) is 0 Å². The van der Waals surface area contributed by atoms with E-state index < -0.39 is 23.3 Å². The van der Waals surface area contributed by atoms with Gasteiger partial charge < -0.3 is 19.7 Å². The summed E-state index contributed by atoms with van der Waals surface area (Å²) < 4.78 is 8.84. The molecule has 0 unspecified atom stereocenters. The van der Waals surface area contributed by atoms with Crippen LogP contribution in [0.1, 0.15) is 25.7 Å². The van der Waals surface area contributed by atoms with Gasteiger partial charge in [0.05, 0.1) is 19.8 Å². The van der Waals surface area contributed by atoms with Crippen molar-refractivity contribution >= 4 is 11.9 Å². The molecule has 2 N–H and O–H groups in total. The molecule has 0 aromatic heterocycles. The van der Waals surface area contributed by atoms with Crippen LogP contribution in [-0.2, 0) is 19.1 Å². The van der Waals surface area contributed by atoms with Crippen molar-refractivity contribution in [1.82, 2.24) is 0 Å². The molecule has 0 heterocycles. The van der Waals surface area contributed by atoms with Gasteiger partial charge in [0, 0.05) is 12.0 Å². The number of methoxy groups -OCH3 is 2. The predicted octanol–water partition coefficient (Wildman–Crippen LogP) is 0.686. The largest absolute Gasteiger partial charge is 0.466 e. The minimum atomic E-state index is -2.31. The first kappa shape index (κ1) is 17.3. The monoisotopic (exact) mass is 272 g/mol. The third-order valence-corrected chi connectivity index (χ3v) is 2.64. The average Bonchev–Trinajstić information content (AvgIpc) is 2.40. The van der Waals surface area contributed by atoms with E-state index in [1.807, 2.05) is 0 Å². The molecule has 0 saturated carbocycles. The van der Waals surface area contributed by atoms with Gasteiger partial charge in [0.15, 0.2) is 5.79 Å². The summed E-state index contributed by atoms with van der Waals surface area (Å²) in [6, 6.07) is 0. The predicted molar refractivity (Wildman–Crippen MR) is 67.9 cm³/mol. The first-order valence-corrected chi connectivity index (χ1v) is 5.74. The van der Waals surface area contributed by atoms with Crippen LogP contribution in [0.3, 0.4) is 0 Å². The molecule has 0 saturated heterocycles. The van der Waals surface area contributed by atoms with Gasteiger partial charge in [0.1, 0.15) is 0 Å². The number of hydrogen-bond acceptors (Lipinski definition) is 6. The molecule has 0 aliphatic carbocycles. The molecule has 0 bridgehead atoms. The van der Waals surface area contributed by atoms with Gasteiger partial charge in [-0.2, -0.15) is 0 Å². The third kappa shape index (κ3) is 5.67. The maximum atomic E-state index is 11.1. The molecule has 0 rings (SSSR count). The maximum Gasteiger partial charge on any atom is 0.338 e. The van der Waals surface area contributed by atoms with Crippen LogP contribution >= 0.6 is 0 Å². The molecule has 0 atom stereocenters. The zero-order valence-electron chi connectivity index (χ0n) is 11.3. The van der Waals surface area contributed by atoms with Crippen LogP contribution in [0, 0.1) is 0 Å². The van der Waals surface area contributed by atoms with E-state index in [1.54, 1.807) is 0 Å². The van der Waals surface area contributed by atoms with Crippen molar-refractivity contribution in [3.63, 3.8) is 0 Å². The fourth-order valence-electron chi connectivity index (χ4n) is 1.39. The number of ether oxygens (including phenoxy) is 2. The zero-order valence-corrected chi connectivity index (χ0v) is 11.3.